The van der Waals surface area contributed by atoms with E-state index in [2.05, 4.69) is 58.0 Å². The van der Waals surface area contributed by atoms with Gasteiger partial charge in [0.25, 0.3) is 0 Å². The molecule has 0 atom stereocenters. The van der Waals surface area contributed by atoms with Gasteiger partial charge in [-0.25, -0.2) is 0 Å². The Bertz CT molecular complexity index is 153. The summed E-state index contributed by atoms with van der Waals surface area (Å²) in [5.41, 5.74) is -1.18. The van der Waals surface area contributed by atoms with Crippen LogP contribution in [0.25, 0.3) is 0 Å². The molecule has 0 heterocycles. The van der Waals surface area contributed by atoms with Gasteiger partial charge < -0.3 is 11.0 Å². The van der Waals surface area contributed by atoms with Crippen LogP contribution in [0.1, 0.15) is 48.5 Å². The molecule has 0 unspecified atom stereocenters. The number of halogens is 2. The van der Waals surface area contributed by atoms with E-state index in [1.165, 1.54) is 26.2 Å². The van der Waals surface area contributed by atoms with Crippen molar-refractivity contribution in [2.45, 2.75) is 54.1 Å². The Hall–Kier alpha value is 1.92. The van der Waals surface area contributed by atoms with Gasteiger partial charge in [-0.15, -0.1) is 0 Å². The molecule has 0 aromatic carbocycles. The first-order valence-electron chi connectivity index (χ1n) is 4.46. The summed E-state index contributed by atoms with van der Waals surface area (Å²) >= 11 is 4.24. The second-order valence-electron chi connectivity index (χ2n) is 3.86. The fourth-order valence-corrected chi connectivity index (χ4v) is 0.316. The Kier molecular flexibility index (Phi) is 37.3. The molecular weight excluding hydrogens is 525 g/mol. The van der Waals surface area contributed by atoms with E-state index in [1.54, 1.807) is 0 Å². The van der Waals surface area contributed by atoms with Crippen LogP contribution >= 0.6 is 37.2 Å². The summed E-state index contributed by atoms with van der Waals surface area (Å²) in [4.78, 5) is 9.12. The fraction of sp³-hybridized carbons (Fsp3) is 0.900. The van der Waals surface area contributed by atoms with Crippen molar-refractivity contribution in [2.75, 3.05) is 6.54 Å². The molecule has 0 bridgehead atoms. The van der Waals surface area contributed by atoms with E-state index in [9.17, 15) is 10.1 Å². The zero-order valence-electron chi connectivity index (χ0n) is 10.5. The van der Waals surface area contributed by atoms with E-state index in [0.717, 1.165) is 0 Å². The number of nitro groups is 1. The first-order chi connectivity index (χ1) is 6.69. The van der Waals surface area contributed by atoms with Crippen LogP contribution in [0.15, 0.2) is 0 Å². The quantitative estimate of drug-likeness (QED) is 0.245. The van der Waals surface area contributed by atoms with E-state index in [4.69, 9.17) is 5.11 Å². The van der Waals surface area contributed by atoms with Gasteiger partial charge in [0.15, 0.2) is 0 Å². The van der Waals surface area contributed by atoms with Crippen LogP contribution in [-0.4, -0.2) is 22.2 Å². The molecule has 0 aromatic rings. The van der Waals surface area contributed by atoms with Crippen LogP contribution < -0.4 is 0 Å². The van der Waals surface area contributed by atoms with Crippen LogP contribution in [0.3, 0.4) is 0 Å². The maximum atomic E-state index is 9.66. The van der Waals surface area contributed by atoms with Crippen molar-refractivity contribution in [2.24, 2.45) is 0 Å². The third kappa shape index (κ3) is 57.1. The van der Waals surface area contributed by atoms with Crippen LogP contribution in [0.5, 0.6) is 0 Å². The van der Waals surface area contributed by atoms with Gasteiger partial charge in [0, 0.05) is 74.9 Å². The zero-order chi connectivity index (χ0) is 13.1. The van der Waals surface area contributed by atoms with Gasteiger partial charge in [0.05, 0.1) is 0 Å². The van der Waals surface area contributed by atoms with Gasteiger partial charge in [-0.05, 0) is 13.8 Å². The van der Waals surface area contributed by atoms with E-state index < -0.39 is 17.1 Å². The van der Waals surface area contributed by atoms with Crippen molar-refractivity contribution in [3.8, 4) is 0 Å². The first kappa shape index (κ1) is 31.4. The number of rotatable bonds is 3. The molecule has 17 heavy (non-hydrogen) atoms. The molecule has 0 spiro atoms. The molecule has 4 nitrogen and oxygen atoms in total. The maximum absolute atomic E-state index is 9.66. The van der Waals surface area contributed by atoms with Crippen molar-refractivity contribution in [3.05, 3.63) is 16.0 Å². The third-order valence-corrected chi connectivity index (χ3v) is 1.22. The Morgan fingerprint density at radius 3 is 1.59 bits per heavy atom. The molecule has 0 aliphatic heterocycles. The number of nitrogens with zero attached hydrogens (tertiary/aromatic N) is 1. The molecule has 0 rings (SSSR count). The fourth-order valence-electron chi connectivity index (χ4n) is 0.316. The molecule has 7 heteroatoms. The Morgan fingerprint density at radius 1 is 1.35 bits per heavy atom. The third-order valence-electron chi connectivity index (χ3n) is 1.22. The van der Waals surface area contributed by atoms with Crippen LogP contribution in [0, 0.1) is 16.0 Å². The summed E-state index contributed by atoms with van der Waals surface area (Å²) in [6, 6.07) is 0. The van der Waals surface area contributed by atoms with Gasteiger partial charge in [-0.1, -0.05) is 14.4 Å². The number of hydrogen-bond donors (Lipinski definition) is 1. The summed E-state index contributed by atoms with van der Waals surface area (Å²) in [5.74, 6) is 1.50. The van der Waals surface area contributed by atoms with Crippen molar-refractivity contribution >= 4 is 37.2 Å². The van der Waals surface area contributed by atoms with E-state index in [-0.39, 0.29) is 40.1 Å². The molecule has 0 aliphatic carbocycles. The van der Waals surface area contributed by atoms with Gasteiger partial charge in [-0.2, -0.15) is 20.3 Å². The number of hydrogen-bond acceptors (Lipinski definition) is 3. The molecule has 0 saturated heterocycles. The molecule has 0 aromatic heterocycles. The summed E-state index contributed by atoms with van der Waals surface area (Å²) in [6.07, 6.45) is 1.22. The molecular formula is C10H24I2NO3Y-. The minimum atomic E-state index is -1.18. The summed E-state index contributed by atoms with van der Waals surface area (Å²) < 4.78 is 0. The summed E-state index contributed by atoms with van der Waals surface area (Å²) in [6.45, 7) is 8.84. The van der Waals surface area contributed by atoms with Gasteiger partial charge >= 0.3 is 0 Å². The van der Waals surface area contributed by atoms with E-state index in [1.807, 2.05) is 0 Å². The van der Waals surface area contributed by atoms with Gasteiger partial charge in [0.2, 0.25) is 6.54 Å². The minimum absolute atomic E-state index is 0. The van der Waals surface area contributed by atoms with Crippen LogP contribution in [-0.2, 0) is 32.7 Å². The molecule has 0 amide bonds. The normalized spacial score (nSPS) is 8.53. The van der Waals surface area contributed by atoms with Crippen molar-refractivity contribution < 1.29 is 42.7 Å². The minimum Gasteiger partial charge on any atom is -0.384 e. The predicted molar refractivity (Wildman–Crippen MR) is 87.8 cm³/mol. The Morgan fingerprint density at radius 2 is 1.59 bits per heavy atom. The monoisotopic (exact) mass is 549 g/mol. The van der Waals surface area contributed by atoms with E-state index >= 15 is 0 Å². The van der Waals surface area contributed by atoms with Crippen LogP contribution in [0.2, 0.25) is 0 Å². The second-order valence-corrected chi connectivity index (χ2v) is 3.86. The second kappa shape index (κ2) is 20.2. The Labute approximate surface area is 154 Å². The summed E-state index contributed by atoms with van der Waals surface area (Å²) in [7, 11) is 0. The van der Waals surface area contributed by atoms with Crippen LogP contribution in [0.4, 0.5) is 0 Å². The molecule has 1 radical (unpaired) electrons. The Balaban J connectivity index is -0.0000000471. The van der Waals surface area contributed by atoms with Crippen molar-refractivity contribution in [1.82, 2.24) is 0 Å². The summed E-state index contributed by atoms with van der Waals surface area (Å²) in [5, 5.41) is 18.4. The largest absolute Gasteiger partial charge is 0.384 e. The standard InChI is InChI=1S/C5H11.C4H9NO3.CH4.I2.Y/c1-4-5(2)3;1-4(2,6)3-5(7)8;;1-2;/h4H2,1-3H3;6H,3H2,1-2H3;1H4;;/q-1;;;;. The van der Waals surface area contributed by atoms with E-state index in [0.29, 0.717) is 0 Å². The van der Waals surface area contributed by atoms with Crippen molar-refractivity contribution in [3.63, 3.8) is 0 Å². The SMILES string of the molecule is C.CC(C)(O)C[N+](=O)[O-].CC[C-](C)C.II.[Y]. The topological polar surface area (TPSA) is 63.4 Å². The average molecular weight is 549 g/mol. The molecule has 0 fully saturated rings. The zero-order valence-corrected chi connectivity index (χ0v) is 17.6. The average Bonchev–Trinajstić information content (AvgIpc) is 2.04. The molecule has 1 N–H and O–H groups in total. The molecule has 105 valence electrons. The van der Waals surface area contributed by atoms with Gasteiger partial charge in [0.1, 0.15) is 5.60 Å². The van der Waals surface area contributed by atoms with Crippen molar-refractivity contribution in [1.29, 1.82) is 0 Å². The number of aliphatic hydroxyl groups is 1. The smallest absolute Gasteiger partial charge is 0.231 e. The van der Waals surface area contributed by atoms with Gasteiger partial charge in [-0.3, -0.25) is 10.1 Å². The first-order valence-corrected chi connectivity index (χ1v) is 10.7. The molecule has 0 aliphatic rings. The predicted octanol–water partition coefficient (Wildman–Crippen LogP) is 4.45. The molecule has 0 saturated carbocycles. The maximum Gasteiger partial charge on any atom is 0.231 e.